The Balaban J connectivity index is 1.99. The third kappa shape index (κ3) is 1.91. The molecule has 0 bridgehead atoms. The molecule has 0 fully saturated rings. The molecule has 3 heterocycles. The molecule has 2 aliphatic heterocycles. The first kappa shape index (κ1) is 14.4. The molecule has 0 spiro atoms. The fourth-order valence-corrected chi connectivity index (χ4v) is 4.24. The summed E-state index contributed by atoms with van der Waals surface area (Å²) in [4.78, 5) is 6.85. The lowest BCUT2D eigenvalue weighted by molar-refractivity contribution is 0.882. The Morgan fingerprint density at radius 1 is 1.04 bits per heavy atom. The van der Waals surface area contributed by atoms with Gasteiger partial charge in [0.05, 0.1) is 34.9 Å². The van der Waals surface area contributed by atoms with Crippen LogP contribution in [0.1, 0.15) is 11.5 Å². The summed E-state index contributed by atoms with van der Waals surface area (Å²) in [5.41, 5.74) is 9.01. The zero-order valence-electron chi connectivity index (χ0n) is 12.5. The fraction of sp³-hybridized carbons (Fsp3) is 0.0556. The zero-order chi connectivity index (χ0) is 16.7. The second kappa shape index (κ2) is 5.45. The number of fused-ring (bicyclic) bond motifs is 3. The number of para-hydroxylation sites is 1. The molecule has 0 unspecified atom stereocenters. The number of pyridine rings is 1. The van der Waals surface area contributed by atoms with Crippen molar-refractivity contribution >= 4 is 17.4 Å². The summed E-state index contributed by atoms with van der Waals surface area (Å²) < 4.78 is 0. The summed E-state index contributed by atoms with van der Waals surface area (Å²) in [6.45, 7) is 0. The Labute approximate surface area is 143 Å². The molecule has 24 heavy (non-hydrogen) atoms. The molecule has 1 atom stereocenters. The minimum atomic E-state index is -0.462. The fourth-order valence-electron chi connectivity index (χ4n) is 3.06. The van der Waals surface area contributed by atoms with Crippen LogP contribution in [0.2, 0.25) is 0 Å². The molecule has 6 heteroatoms. The van der Waals surface area contributed by atoms with Crippen molar-refractivity contribution in [1.29, 1.82) is 10.5 Å². The van der Waals surface area contributed by atoms with Crippen LogP contribution in [0, 0.1) is 22.7 Å². The molecular weight excluding hydrogens is 318 g/mol. The molecule has 2 aromatic rings. The summed E-state index contributed by atoms with van der Waals surface area (Å²) in [5, 5.41) is 20.3. The number of hydrogen-bond acceptors (Lipinski definition) is 6. The molecule has 1 aromatic carbocycles. The van der Waals surface area contributed by atoms with Gasteiger partial charge in [0.15, 0.2) is 0 Å². The van der Waals surface area contributed by atoms with Gasteiger partial charge in [-0.1, -0.05) is 23.9 Å². The van der Waals surface area contributed by atoms with E-state index in [0.717, 1.165) is 21.2 Å². The maximum absolute atomic E-state index is 9.81. The summed E-state index contributed by atoms with van der Waals surface area (Å²) in [5.74, 6) is -0.0816. The number of allylic oxidation sites excluding steroid dienone is 2. The van der Waals surface area contributed by atoms with Crippen LogP contribution >= 0.6 is 11.8 Å². The van der Waals surface area contributed by atoms with Gasteiger partial charge in [0.1, 0.15) is 10.9 Å². The predicted molar refractivity (Wildman–Crippen MR) is 91.2 cm³/mol. The van der Waals surface area contributed by atoms with Gasteiger partial charge in [0, 0.05) is 17.3 Å². The summed E-state index contributed by atoms with van der Waals surface area (Å²) in [7, 11) is 0. The molecule has 0 saturated carbocycles. The van der Waals surface area contributed by atoms with E-state index in [1.54, 1.807) is 12.4 Å². The SMILES string of the molecule is N#CC1=C(N)N2C(=C(C#N)[C@@H]1c1ccncc1)Sc1ccccc12. The van der Waals surface area contributed by atoms with Crippen LogP contribution in [-0.4, -0.2) is 4.98 Å². The first-order valence-electron chi connectivity index (χ1n) is 7.27. The highest BCUT2D eigenvalue weighted by Crippen LogP contribution is 2.54. The average Bonchev–Trinajstić information content (AvgIpc) is 3.02. The lowest BCUT2D eigenvalue weighted by Gasteiger charge is -2.31. The van der Waals surface area contributed by atoms with Crippen LogP contribution in [0.4, 0.5) is 5.69 Å². The van der Waals surface area contributed by atoms with Crippen LogP contribution in [0.25, 0.3) is 0 Å². The molecule has 0 aliphatic carbocycles. The second-order valence-corrected chi connectivity index (χ2v) is 6.39. The van der Waals surface area contributed by atoms with Gasteiger partial charge in [-0.05, 0) is 29.8 Å². The molecule has 0 radical (unpaired) electrons. The van der Waals surface area contributed by atoms with Gasteiger partial charge in [-0.2, -0.15) is 10.5 Å². The van der Waals surface area contributed by atoms with Gasteiger partial charge >= 0.3 is 0 Å². The van der Waals surface area contributed by atoms with Gasteiger partial charge in [0.25, 0.3) is 0 Å². The molecular formula is C18H11N5S. The minimum absolute atomic E-state index is 0.380. The normalized spacial score (nSPS) is 18.8. The van der Waals surface area contributed by atoms with Crippen molar-refractivity contribution in [2.45, 2.75) is 10.8 Å². The number of thioether (sulfide) groups is 1. The van der Waals surface area contributed by atoms with E-state index in [0.29, 0.717) is 17.0 Å². The quantitative estimate of drug-likeness (QED) is 0.864. The standard InChI is InChI=1S/C18H11N5S/c19-9-12-16(11-5-7-22-8-6-11)13(10-20)18-23(17(12)21)14-3-1-2-4-15(14)24-18/h1-8,16H,21H2/t16-/m1/s1. The first-order valence-corrected chi connectivity index (χ1v) is 8.09. The number of rotatable bonds is 1. The van der Waals surface area contributed by atoms with Crippen molar-refractivity contribution in [3.8, 4) is 12.1 Å². The average molecular weight is 329 g/mol. The number of aromatic nitrogens is 1. The smallest absolute Gasteiger partial charge is 0.123 e. The van der Waals surface area contributed by atoms with Crippen LogP contribution in [0.3, 0.4) is 0 Å². The van der Waals surface area contributed by atoms with Crippen LogP contribution < -0.4 is 10.6 Å². The molecule has 0 saturated heterocycles. The Kier molecular flexibility index (Phi) is 3.26. The first-order chi connectivity index (χ1) is 11.8. The third-order valence-electron chi connectivity index (χ3n) is 4.12. The molecule has 2 N–H and O–H groups in total. The highest BCUT2D eigenvalue weighted by Gasteiger charge is 2.40. The third-order valence-corrected chi connectivity index (χ3v) is 5.28. The van der Waals surface area contributed by atoms with Gasteiger partial charge in [-0.3, -0.25) is 9.88 Å². The van der Waals surface area contributed by atoms with Crippen molar-refractivity contribution in [1.82, 2.24) is 4.98 Å². The van der Waals surface area contributed by atoms with Gasteiger partial charge in [0.2, 0.25) is 0 Å². The second-order valence-electron chi connectivity index (χ2n) is 5.36. The molecule has 5 nitrogen and oxygen atoms in total. The molecule has 0 amide bonds. The van der Waals surface area contributed by atoms with Gasteiger partial charge < -0.3 is 5.73 Å². The van der Waals surface area contributed by atoms with E-state index in [1.165, 1.54) is 11.8 Å². The number of nitrogens with zero attached hydrogens (tertiary/aromatic N) is 4. The van der Waals surface area contributed by atoms with Crippen LogP contribution in [0.5, 0.6) is 0 Å². The summed E-state index contributed by atoms with van der Waals surface area (Å²) in [6.07, 6.45) is 3.31. The van der Waals surface area contributed by atoms with Gasteiger partial charge in [-0.25, -0.2) is 0 Å². The van der Waals surface area contributed by atoms with Crippen molar-refractivity contribution in [2.24, 2.45) is 5.73 Å². The predicted octanol–water partition coefficient (Wildman–Crippen LogP) is 3.22. The van der Waals surface area contributed by atoms with Crippen molar-refractivity contribution in [3.63, 3.8) is 0 Å². The largest absolute Gasteiger partial charge is 0.384 e. The van der Waals surface area contributed by atoms with E-state index < -0.39 is 5.92 Å². The number of hydrogen-bond donors (Lipinski definition) is 1. The van der Waals surface area contributed by atoms with Crippen molar-refractivity contribution in [2.75, 3.05) is 4.90 Å². The lowest BCUT2D eigenvalue weighted by atomic mass is 9.84. The lowest BCUT2D eigenvalue weighted by Crippen LogP contribution is -2.32. The van der Waals surface area contributed by atoms with E-state index >= 15 is 0 Å². The van der Waals surface area contributed by atoms with Crippen LogP contribution in [0.15, 0.2) is 75.7 Å². The summed E-state index contributed by atoms with van der Waals surface area (Å²) >= 11 is 1.51. The minimum Gasteiger partial charge on any atom is -0.384 e. The zero-order valence-corrected chi connectivity index (χ0v) is 13.3. The molecule has 114 valence electrons. The van der Waals surface area contributed by atoms with Gasteiger partial charge in [-0.15, -0.1) is 0 Å². The number of nitrogens with two attached hydrogens (primary N) is 1. The van der Waals surface area contributed by atoms with Crippen molar-refractivity contribution in [3.05, 3.63) is 76.4 Å². The maximum Gasteiger partial charge on any atom is 0.123 e. The van der Waals surface area contributed by atoms with Crippen molar-refractivity contribution < 1.29 is 0 Å². The van der Waals surface area contributed by atoms with E-state index in [2.05, 4.69) is 17.1 Å². The maximum atomic E-state index is 9.81. The molecule has 1 aromatic heterocycles. The highest BCUT2D eigenvalue weighted by atomic mass is 32.2. The summed E-state index contributed by atoms with van der Waals surface area (Å²) in [6, 6.07) is 15.9. The molecule has 2 aliphatic rings. The number of benzene rings is 1. The van der Waals surface area contributed by atoms with Crippen LogP contribution in [-0.2, 0) is 0 Å². The number of nitriles is 2. The Morgan fingerprint density at radius 2 is 1.75 bits per heavy atom. The number of anilines is 1. The Bertz CT molecular complexity index is 978. The topological polar surface area (TPSA) is 89.7 Å². The Hall–Kier alpha value is -3.22. The highest BCUT2D eigenvalue weighted by molar-refractivity contribution is 8.03. The van der Waals surface area contributed by atoms with E-state index in [-0.39, 0.29) is 0 Å². The Morgan fingerprint density at radius 3 is 2.46 bits per heavy atom. The molecule has 4 rings (SSSR count). The van der Waals surface area contributed by atoms with E-state index in [4.69, 9.17) is 5.73 Å². The van der Waals surface area contributed by atoms with E-state index in [9.17, 15) is 10.5 Å². The monoisotopic (exact) mass is 329 g/mol. The van der Waals surface area contributed by atoms with E-state index in [1.807, 2.05) is 41.3 Å².